The van der Waals surface area contributed by atoms with Crippen molar-refractivity contribution in [1.29, 1.82) is 0 Å². The third-order valence-corrected chi connectivity index (χ3v) is 4.19. The van der Waals surface area contributed by atoms with Gasteiger partial charge in [-0.2, -0.15) is 0 Å². The van der Waals surface area contributed by atoms with E-state index in [9.17, 15) is 0 Å². The topological polar surface area (TPSA) is 48.9 Å². The number of hydrogen-bond donors (Lipinski definition) is 2. The van der Waals surface area contributed by atoms with E-state index in [-0.39, 0.29) is 24.0 Å². The zero-order valence-corrected chi connectivity index (χ0v) is 15.8. The van der Waals surface area contributed by atoms with Crippen molar-refractivity contribution in [3.63, 3.8) is 0 Å². The van der Waals surface area contributed by atoms with Gasteiger partial charge >= 0.3 is 0 Å². The first-order chi connectivity index (χ1) is 9.81. The Labute approximate surface area is 146 Å². The normalized spacial score (nSPS) is 26.7. The molecule has 2 N–H and O–H groups in total. The van der Waals surface area contributed by atoms with E-state index in [1.807, 2.05) is 0 Å². The minimum absolute atomic E-state index is 0. The monoisotopic (exact) mass is 410 g/mol. The summed E-state index contributed by atoms with van der Waals surface area (Å²) in [5, 5.41) is 6.74. The molecule has 0 aromatic heterocycles. The summed E-state index contributed by atoms with van der Waals surface area (Å²) in [5.74, 6) is 1.66. The van der Waals surface area contributed by atoms with Gasteiger partial charge in [0.1, 0.15) is 0 Å². The molecule has 0 aromatic carbocycles. The molecular formula is C15H31IN4O. The van der Waals surface area contributed by atoms with Gasteiger partial charge in [0.25, 0.3) is 0 Å². The number of hydrogen-bond acceptors (Lipinski definition) is 3. The van der Waals surface area contributed by atoms with Gasteiger partial charge in [0, 0.05) is 32.8 Å². The largest absolute Gasteiger partial charge is 0.376 e. The molecule has 0 spiro atoms. The van der Waals surface area contributed by atoms with Crippen LogP contribution in [0.1, 0.15) is 33.1 Å². The summed E-state index contributed by atoms with van der Waals surface area (Å²) in [5.41, 5.74) is 0. The molecule has 2 fully saturated rings. The van der Waals surface area contributed by atoms with Gasteiger partial charge in [-0.25, -0.2) is 0 Å². The van der Waals surface area contributed by atoms with E-state index in [1.165, 1.54) is 32.4 Å². The first kappa shape index (κ1) is 19.0. The first-order valence-electron chi connectivity index (χ1n) is 8.18. The maximum atomic E-state index is 5.64. The number of ether oxygens (including phenoxy) is 1. The van der Waals surface area contributed by atoms with Crippen molar-refractivity contribution in [2.45, 2.75) is 39.2 Å². The lowest BCUT2D eigenvalue weighted by molar-refractivity contribution is 0.114. The number of likely N-dealkylation sites (tertiary alicyclic amines) is 1. The van der Waals surface area contributed by atoms with E-state index in [1.54, 1.807) is 0 Å². The number of halogens is 1. The molecule has 0 saturated carbocycles. The van der Waals surface area contributed by atoms with Crippen molar-refractivity contribution in [3.8, 4) is 0 Å². The standard InChI is InChI=1S/C15H30N4O.HI/c1-3-16-15(18-11-14-6-5-9-20-14)17-10-13-7-8-19(4-2)12-13;/h13-14H,3-12H2,1-2H3,(H2,16,17,18);1H. The SMILES string of the molecule is CCNC(=NCC1CCN(CC)C1)NCC1CCCO1.I. The summed E-state index contributed by atoms with van der Waals surface area (Å²) in [4.78, 5) is 7.24. The zero-order chi connectivity index (χ0) is 14.2. The van der Waals surface area contributed by atoms with Crippen LogP contribution < -0.4 is 10.6 Å². The second kappa shape index (κ2) is 10.6. The highest BCUT2D eigenvalue weighted by atomic mass is 127. The van der Waals surface area contributed by atoms with E-state index < -0.39 is 0 Å². The maximum Gasteiger partial charge on any atom is 0.191 e. The molecule has 2 saturated heterocycles. The van der Waals surface area contributed by atoms with Gasteiger partial charge in [0.05, 0.1) is 6.10 Å². The van der Waals surface area contributed by atoms with Crippen LogP contribution in [-0.4, -0.2) is 62.8 Å². The van der Waals surface area contributed by atoms with Gasteiger partial charge in [-0.05, 0) is 45.2 Å². The second-order valence-corrected chi connectivity index (χ2v) is 5.78. The summed E-state index contributed by atoms with van der Waals surface area (Å²) in [6.45, 7) is 11.6. The fraction of sp³-hybridized carbons (Fsp3) is 0.933. The van der Waals surface area contributed by atoms with E-state index in [4.69, 9.17) is 9.73 Å². The summed E-state index contributed by atoms with van der Waals surface area (Å²) in [6, 6.07) is 0. The Hall–Kier alpha value is -0.0800. The minimum Gasteiger partial charge on any atom is -0.376 e. The average molecular weight is 410 g/mol. The molecule has 2 unspecified atom stereocenters. The molecule has 0 radical (unpaired) electrons. The smallest absolute Gasteiger partial charge is 0.191 e. The van der Waals surface area contributed by atoms with Crippen LogP contribution in [0, 0.1) is 5.92 Å². The Morgan fingerprint density at radius 1 is 1.29 bits per heavy atom. The first-order valence-corrected chi connectivity index (χ1v) is 8.18. The lowest BCUT2D eigenvalue weighted by atomic mass is 10.1. The Morgan fingerprint density at radius 2 is 2.14 bits per heavy atom. The zero-order valence-electron chi connectivity index (χ0n) is 13.4. The van der Waals surface area contributed by atoms with Crippen LogP contribution >= 0.6 is 24.0 Å². The highest BCUT2D eigenvalue weighted by Crippen LogP contribution is 2.15. The Morgan fingerprint density at radius 3 is 2.76 bits per heavy atom. The highest BCUT2D eigenvalue weighted by molar-refractivity contribution is 14.0. The van der Waals surface area contributed by atoms with Crippen LogP contribution in [0.15, 0.2) is 4.99 Å². The van der Waals surface area contributed by atoms with Gasteiger partial charge < -0.3 is 20.3 Å². The van der Waals surface area contributed by atoms with Gasteiger partial charge in [0.2, 0.25) is 0 Å². The van der Waals surface area contributed by atoms with Crippen molar-refractivity contribution in [2.75, 3.05) is 45.9 Å². The lowest BCUT2D eigenvalue weighted by Crippen LogP contribution is -2.41. The van der Waals surface area contributed by atoms with E-state index in [0.717, 1.165) is 38.7 Å². The van der Waals surface area contributed by atoms with E-state index in [2.05, 4.69) is 29.4 Å². The fourth-order valence-corrected chi connectivity index (χ4v) is 2.93. The third kappa shape index (κ3) is 6.69. The second-order valence-electron chi connectivity index (χ2n) is 5.78. The van der Waals surface area contributed by atoms with Crippen molar-refractivity contribution >= 4 is 29.9 Å². The molecule has 2 aliphatic rings. The maximum absolute atomic E-state index is 5.64. The molecular weight excluding hydrogens is 379 g/mol. The predicted molar refractivity (Wildman–Crippen MR) is 98.6 cm³/mol. The fourth-order valence-electron chi connectivity index (χ4n) is 2.93. The summed E-state index contributed by atoms with van der Waals surface area (Å²) in [6.07, 6.45) is 4.00. The molecule has 5 nitrogen and oxygen atoms in total. The van der Waals surface area contributed by atoms with Gasteiger partial charge in [-0.3, -0.25) is 4.99 Å². The van der Waals surface area contributed by atoms with Crippen molar-refractivity contribution in [3.05, 3.63) is 0 Å². The van der Waals surface area contributed by atoms with E-state index >= 15 is 0 Å². The van der Waals surface area contributed by atoms with Crippen LogP contribution in [0.5, 0.6) is 0 Å². The third-order valence-electron chi connectivity index (χ3n) is 4.19. The molecule has 0 aliphatic carbocycles. The Bertz CT molecular complexity index is 308. The average Bonchev–Trinajstić information content (AvgIpc) is 3.13. The van der Waals surface area contributed by atoms with Gasteiger partial charge in [0.15, 0.2) is 5.96 Å². The molecule has 2 atom stereocenters. The molecule has 21 heavy (non-hydrogen) atoms. The predicted octanol–water partition coefficient (Wildman–Crippen LogP) is 1.68. The molecule has 0 amide bonds. The van der Waals surface area contributed by atoms with E-state index in [0.29, 0.717) is 12.0 Å². The van der Waals surface area contributed by atoms with Crippen LogP contribution in [0.2, 0.25) is 0 Å². The molecule has 2 heterocycles. The molecule has 2 aliphatic heterocycles. The minimum atomic E-state index is 0. The Balaban J connectivity index is 0.00000220. The van der Waals surface area contributed by atoms with Gasteiger partial charge in [-0.1, -0.05) is 6.92 Å². The van der Waals surface area contributed by atoms with Crippen molar-refractivity contribution in [1.82, 2.24) is 15.5 Å². The lowest BCUT2D eigenvalue weighted by Gasteiger charge is -2.16. The number of guanidine groups is 1. The van der Waals surface area contributed by atoms with Gasteiger partial charge in [-0.15, -0.1) is 24.0 Å². The number of rotatable bonds is 6. The van der Waals surface area contributed by atoms with Crippen molar-refractivity contribution in [2.24, 2.45) is 10.9 Å². The van der Waals surface area contributed by atoms with Crippen LogP contribution in [0.25, 0.3) is 0 Å². The van der Waals surface area contributed by atoms with Crippen LogP contribution in [0.3, 0.4) is 0 Å². The molecule has 6 heteroatoms. The molecule has 2 rings (SSSR count). The quantitative estimate of drug-likeness (QED) is 0.398. The summed E-state index contributed by atoms with van der Waals surface area (Å²) >= 11 is 0. The molecule has 0 bridgehead atoms. The summed E-state index contributed by atoms with van der Waals surface area (Å²) < 4.78 is 5.64. The van der Waals surface area contributed by atoms with Crippen LogP contribution in [-0.2, 0) is 4.74 Å². The molecule has 0 aromatic rings. The number of nitrogens with zero attached hydrogens (tertiary/aromatic N) is 2. The number of aliphatic imine (C=N–C) groups is 1. The number of nitrogens with one attached hydrogen (secondary N) is 2. The van der Waals surface area contributed by atoms with Crippen molar-refractivity contribution < 1.29 is 4.74 Å². The van der Waals surface area contributed by atoms with Crippen LogP contribution in [0.4, 0.5) is 0 Å². The summed E-state index contributed by atoms with van der Waals surface area (Å²) in [7, 11) is 0. The molecule has 124 valence electrons. The highest BCUT2D eigenvalue weighted by Gasteiger charge is 2.21. The Kier molecular flexibility index (Phi) is 9.59.